The molecule has 0 radical (unpaired) electrons. The second-order valence-corrected chi connectivity index (χ2v) is 6.96. The number of thiazole rings is 1. The molecule has 10 heteroatoms. The first-order chi connectivity index (χ1) is 14.1. The van der Waals surface area contributed by atoms with Crippen molar-refractivity contribution in [3.63, 3.8) is 0 Å². The molecule has 29 heavy (non-hydrogen) atoms. The number of carbonyl (C=O) groups excluding carboxylic acids is 1. The number of anilines is 2. The maximum atomic E-state index is 12.2. The molecule has 1 aliphatic heterocycles. The Balaban J connectivity index is 1.32. The molecule has 1 aliphatic rings. The molecule has 0 atom stereocenters. The van der Waals surface area contributed by atoms with Crippen molar-refractivity contribution in [1.82, 2.24) is 4.98 Å². The number of para-hydroxylation sites is 2. The van der Waals surface area contributed by atoms with Gasteiger partial charge >= 0.3 is 0 Å². The average molecular weight is 412 g/mol. The minimum atomic E-state index is -0.463. The van der Waals surface area contributed by atoms with Gasteiger partial charge in [0.2, 0.25) is 12.7 Å². The molecule has 0 unspecified atom stereocenters. The highest BCUT2D eigenvalue weighted by Crippen LogP contribution is 2.36. The van der Waals surface area contributed by atoms with Crippen LogP contribution in [-0.4, -0.2) is 29.2 Å². The van der Waals surface area contributed by atoms with Crippen molar-refractivity contribution in [2.75, 3.05) is 24.0 Å². The zero-order valence-electron chi connectivity index (χ0n) is 15.1. The summed E-state index contributed by atoms with van der Waals surface area (Å²) < 4.78 is 10.7. The first-order valence-corrected chi connectivity index (χ1v) is 9.61. The molecule has 2 aromatic carbocycles. The van der Waals surface area contributed by atoms with Crippen LogP contribution in [0, 0.1) is 10.1 Å². The van der Waals surface area contributed by atoms with Crippen molar-refractivity contribution in [2.45, 2.75) is 6.42 Å². The Morgan fingerprint density at radius 1 is 1.21 bits per heavy atom. The molecule has 148 valence electrons. The Morgan fingerprint density at radius 2 is 2.03 bits per heavy atom. The second kappa shape index (κ2) is 8.15. The fraction of sp³-hybridized carbons (Fsp3) is 0.158. The van der Waals surface area contributed by atoms with Gasteiger partial charge in [0.25, 0.3) is 5.69 Å². The monoisotopic (exact) mass is 412 g/mol. The molecule has 0 aliphatic carbocycles. The van der Waals surface area contributed by atoms with E-state index in [1.807, 2.05) is 23.6 Å². The van der Waals surface area contributed by atoms with Gasteiger partial charge in [0.1, 0.15) is 5.69 Å². The fourth-order valence-electron chi connectivity index (χ4n) is 2.79. The van der Waals surface area contributed by atoms with E-state index in [-0.39, 0.29) is 31.4 Å². The number of hydrogen-bond acceptors (Lipinski definition) is 8. The number of ether oxygens (including phenoxy) is 2. The summed E-state index contributed by atoms with van der Waals surface area (Å²) in [6.45, 7) is 0.467. The summed E-state index contributed by atoms with van der Waals surface area (Å²) in [4.78, 5) is 27.1. The molecule has 0 spiro atoms. The Kier molecular flexibility index (Phi) is 5.25. The van der Waals surface area contributed by atoms with E-state index in [0.29, 0.717) is 22.3 Å². The molecule has 2 heterocycles. The summed E-state index contributed by atoms with van der Waals surface area (Å²) in [6, 6.07) is 11.9. The van der Waals surface area contributed by atoms with Crippen molar-refractivity contribution >= 4 is 33.8 Å². The molecule has 3 aromatic rings. The van der Waals surface area contributed by atoms with E-state index >= 15 is 0 Å². The lowest BCUT2D eigenvalue weighted by atomic mass is 10.1. The van der Waals surface area contributed by atoms with Crippen LogP contribution in [0.4, 0.5) is 16.5 Å². The molecule has 0 saturated carbocycles. The van der Waals surface area contributed by atoms with Gasteiger partial charge in [-0.25, -0.2) is 4.98 Å². The fourth-order valence-corrected chi connectivity index (χ4v) is 3.53. The number of nitro groups is 1. The first kappa shape index (κ1) is 18.7. The Bertz CT molecular complexity index is 1070. The van der Waals surface area contributed by atoms with E-state index in [1.54, 1.807) is 18.2 Å². The van der Waals surface area contributed by atoms with E-state index in [2.05, 4.69) is 15.6 Å². The van der Waals surface area contributed by atoms with Crippen LogP contribution in [-0.2, 0) is 4.79 Å². The van der Waals surface area contributed by atoms with Crippen molar-refractivity contribution in [3.05, 3.63) is 58.0 Å². The third-order valence-electron chi connectivity index (χ3n) is 4.19. The van der Waals surface area contributed by atoms with Gasteiger partial charge in [-0.2, -0.15) is 0 Å². The van der Waals surface area contributed by atoms with Crippen LogP contribution in [0.15, 0.2) is 47.8 Å². The predicted molar refractivity (Wildman–Crippen MR) is 109 cm³/mol. The predicted octanol–water partition coefficient (Wildman–Crippen LogP) is 3.89. The van der Waals surface area contributed by atoms with Crippen molar-refractivity contribution < 1.29 is 19.2 Å². The van der Waals surface area contributed by atoms with Crippen molar-refractivity contribution in [2.24, 2.45) is 0 Å². The Labute approximate surface area is 169 Å². The number of rotatable bonds is 7. The molecular weight excluding hydrogens is 396 g/mol. The van der Waals surface area contributed by atoms with Gasteiger partial charge in [-0.1, -0.05) is 12.1 Å². The lowest BCUT2D eigenvalue weighted by molar-refractivity contribution is -0.384. The number of amides is 1. The molecule has 9 nitrogen and oxygen atoms in total. The van der Waals surface area contributed by atoms with Crippen LogP contribution in [0.2, 0.25) is 0 Å². The van der Waals surface area contributed by atoms with Crippen LogP contribution >= 0.6 is 11.3 Å². The summed E-state index contributed by atoms with van der Waals surface area (Å²) >= 11 is 1.32. The van der Waals surface area contributed by atoms with E-state index in [4.69, 9.17) is 9.47 Å². The normalized spacial score (nSPS) is 11.9. The van der Waals surface area contributed by atoms with Gasteiger partial charge in [0.05, 0.1) is 10.6 Å². The van der Waals surface area contributed by atoms with E-state index in [9.17, 15) is 14.9 Å². The zero-order chi connectivity index (χ0) is 20.2. The lowest BCUT2D eigenvalue weighted by Gasteiger charge is -2.06. The third-order valence-corrected chi connectivity index (χ3v) is 4.94. The molecule has 1 aromatic heterocycles. The third kappa shape index (κ3) is 4.27. The molecular formula is C19H16N4O5S. The molecule has 0 saturated heterocycles. The van der Waals surface area contributed by atoms with E-state index in [0.717, 1.165) is 11.3 Å². The lowest BCUT2D eigenvalue weighted by Crippen LogP contribution is -2.16. The molecule has 1 amide bonds. The molecule has 2 N–H and O–H groups in total. The van der Waals surface area contributed by atoms with Gasteiger partial charge in [-0.15, -0.1) is 11.3 Å². The smallest absolute Gasteiger partial charge is 0.292 e. The highest BCUT2D eigenvalue weighted by Gasteiger charge is 2.16. The average Bonchev–Trinajstić information content (AvgIpc) is 3.37. The molecule has 0 bridgehead atoms. The first-order valence-electron chi connectivity index (χ1n) is 8.73. The van der Waals surface area contributed by atoms with E-state index in [1.165, 1.54) is 17.4 Å². The number of nitrogens with one attached hydrogen (secondary N) is 2. The van der Waals surface area contributed by atoms with Crippen LogP contribution in [0.1, 0.15) is 6.42 Å². The number of aromatic nitrogens is 1. The second-order valence-electron chi connectivity index (χ2n) is 6.11. The maximum absolute atomic E-state index is 12.2. The summed E-state index contributed by atoms with van der Waals surface area (Å²) in [5.41, 5.74) is 1.94. The van der Waals surface area contributed by atoms with Gasteiger partial charge in [0, 0.05) is 30.0 Å². The number of benzene rings is 2. The topological polar surface area (TPSA) is 116 Å². The van der Waals surface area contributed by atoms with Crippen LogP contribution < -0.4 is 20.1 Å². The van der Waals surface area contributed by atoms with Crippen LogP contribution in [0.5, 0.6) is 11.5 Å². The quantitative estimate of drug-likeness (QED) is 0.447. The number of fused-ring (bicyclic) bond motifs is 1. The van der Waals surface area contributed by atoms with Crippen molar-refractivity contribution in [1.29, 1.82) is 0 Å². The van der Waals surface area contributed by atoms with Gasteiger partial charge in [-0.05, 0) is 24.3 Å². The Hall–Kier alpha value is -3.66. The van der Waals surface area contributed by atoms with E-state index < -0.39 is 4.92 Å². The van der Waals surface area contributed by atoms with Gasteiger partial charge in [-0.3, -0.25) is 14.9 Å². The maximum Gasteiger partial charge on any atom is 0.292 e. The number of nitro benzene ring substituents is 1. The van der Waals surface area contributed by atoms with Gasteiger partial charge < -0.3 is 20.1 Å². The zero-order valence-corrected chi connectivity index (χ0v) is 15.9. The number of hydrogen-bond donors (Lipinski definition) is 2. The van der Waals surface area contributed by atoms with Gasteiger partial charge in [0.15, 0.2) is 16.6 Å². The summed E-state index contributed by atoms with van der Waals surface area (Å²) in [7, 11) is 0. The highest BCUT2D eigenvalue weighted by atomic mass is 32.1. The standard InChI is InChI=1S/C19H16N4O5S/c24-18(7-8-20-13-3-1-2-4-15(13)23(25)26)22-19-21-14(10-29-19)12-5-6-16-17(9-12)28-11-27-16/h1-6,9-10,20H,7-8,11H2,(H,21,22,24). The number of carbonyl (C=O) groups is 1. The van der Waals surface area contributed by atoms with Crippen LogP contribution in [0.3, 0.4) is 0 Å². The molecule has 4 rings (SSSR count). The van der Waals surface area contributed by atoms with Crippen molar-refractivity contribution in [3.8, 4) is 22.8 Å². The SMILES string of the molecule is O=C(CCNc1ccccc1[N+](=O)[O-])Nc1nc(-c2ccc3c(c2)OCO3)cs1. The van der Waals surface area contributed by atoms with Crippen LogP contribution in [0.25, 0.3) is 11.3 Å². The Morgan fingerprint density at radius 3 is 2.90 bits per heavy atom. The summed E-state index contributed by atoms with van der Waals surface area (Å²) in [5.74, 6) is 1.13. The summed E-state index contributed by atoms with van der Waals surface area (Å²) in [6.07, 6.45) is 0.144. The minimum absolute atomic E-state index is 0.0267. The minimum Gasteiger partial charge on any atom is -0.454 e. The number of nitrogens with zero attached hydrogens (tertiary/aromatic N) is 2. The highest BCUT2D eigenvalue weighted by molar-refractivity contribution is 7.14. The summed E-state index contributed by atoms with van der Waals surface area (Å²) in [5, 5.41) is 19.0. The molecule has 0 fully saturated rings. The largest absolute Gasteiger partial charge is 0.454 e.